The topological polar surface area (TPSA) is 61.0 Å². The van der Waals surface area contributed by atoms with E-state index in [0.29, 0.717) is 28.8 Å². The molecule has 4 nitrogen and oxygen atoms in total. The van der Waals surface area contributed by atoms with Gasteiger partial charge in [-0.05, 0) is 62.8 Å². The second-order valence-electron chi connectivity index (χ2n) is 7.67. The Morgan fingerprint density at radius 2 is 1.88 bits per heavy atom. The van der Waals surface area contributed by atoms with E-state index in [-0.39, 0.29) is 11.4 Å². The third-order valence-corrected chi connectivity index (χ3v) is 6.31. The number of fused-ring (bicyclic) bond motifs is 4. The van der Waals surface area contributed by atoms with Gasteiger partial charge >= 0.3 is 0 Å². The minimum Gasteiger partial charge on any atom is -0.481 e. The van der Waals surface area contributed by atoms with Gasteiger partial charge in [-0.1, -0.05) is 0 Å². The summed E-state index contributed by atoms with van der Waals surface area (Å²) in [5.41, 5.74) is 8.83. The summed E-state index contributed by atoms with van der Waals surface area (Å²) in [6.07, 6.45) is 9.85. The van der Waals surface area contributed by atoms with Gasteiger partial charge in [-0.15, -0.1) is 0 Å². The normalized spacial score (nSPS) is 29.1. The van der Waals surface area contributed by atoms with Crippen LogP contribution in [0.1, 0.15) is 50.5 Å². The first-order chi connectivity index (χ1) is 11.5. The first-order valence-corrected chi connectivity index (χ1v) is 8.80. The third-order valence-electron chi connectivity index (χ3n) is 6.31. The Balaban J connectivity index is 1.61. The molecule has 0 amide bonds. The molecule has 0 aromatic carbocycles. The van der Waals surface area contributed by atoms with E-state index >= 15 is 0 Å². The largest absolute Gasteiger partial charge is 0.481 e. The van der Waals surface area contributed by atoms with Crippen LogP contribution in [0.15, 0.2) is 18.3 Å². The highest BCUT2D eigenvalue weighted by Crippen LogP contribution is 2.53. The van der Waals surface area contributed by atoms with E-state index in [9.17, 15) is 4.39 Å². The smallest absolute Gasteiger partial charge is 0.213 e. The second-order valence-corrected chi connectivity index (χ2v) is 7.67. The predicted molar refractivity (Wildman–Crippen MR) is 91.4 cm³/mol. The zero-order valence-electron chi connectivity index (χ0n) is 14.1. The average molecular weight is 329 g/mol. The summed E-state index contributed by atoms with van der Waals surface area (Å²) in [5, 5.41) is 0. The Morgan fingerprint density at radius 1 is 1.17 bits per heavy atom. The lowest BCUT2D eigenvalue weighted by molar-refractivity contribution is 0.0376. The van der Waals surface area contributed by atoms with Gasteiger partial charge in [-0.2, -0.15) is 0 Å². The fourth-order valence-corrected chi connectivity index (χ4v) is 4.49. The standard InChI is InChI=1S/C19H24FN3O/c1-24-16-3-2-15-17(23-16)13(14(20)12-22-15)4-5-18-6-9-19(21,10-7-18)11-8-18/h2-3,12H,4-11,21H2,1H3. The van der Waals surface area contributed by atoms with Crippen LogP contribution in [0.3, 0.4) is 0 Å². The fraction of sp³-hybridized carbons (Fsp3) is 0.579. The molecular weight excluding hydrogens is 305 g/mol. The van der Waals surface area contributed by atoms with Crippen molar-refractivity contribution >= 4 is 11.0 Å². The van der Waals surface area contributed by atoms with Crippen molar-refractivity contribution in [2.45, 2.75) is 56.9 Å². The molecule has 0 aliphatic heterocycles. The molecule has 5 rings (SSSR count). The van der Waals surface area contributed by atoms with E-state index in [4.69, 9.17) is 10.5 Å². The number of aromatic nitrogens is 2. The summed E-state index contributed by atoms with van der Waals surface area (Å²) in [6, 6.07) is 3.60. The molecule has 2 N–H and O–H groups in total. The van der Waals surface area contributed by atoms with Crippen LogP contribution in [0.25, 0.3) is 11.0 Å². The number of aryl methyl sites for hydroxylation is 1. The Labute approximate surface area is 141 Å². The number of nitrogens with two attached hydrogens (primary N) is 1. The van der Waals surface area contributed by atoms with Crippen LogP contribution in [0.4, 0.5) is 4.39 Å². The monoisotopic (exact) mass is 329 g/mol. The van der Waals surface area contributed by atoms with Crippen LogP contribution >= 0.6 is 0 Å². The minimum absolute atomic E-state index is 0.0747. The molecule has 0 spiro atoms. The average Bonchev–Trinajstić information content (AvgIpc) is 2.62. The summed E-state index contributed by atoms with van der Waals surface area (Å²) < 4.78 is 19.6. The SMILES string of the molecule is COc1ccc2ncc(F)c(CCC34CCC(N)(CC3)CC4)c2n1. The summed E-state index contributed by atoms with van der Waals surface area (Å²) in [6.45, 7) is 0. The van der Waals surface area contributed by atoms with Gasteiger partial charge < -0.3 is 10.5 Å². The quantitative estimate of drug-likeness (QED) is 0.928. The van der Waals surface area contributed by atoms with Gasteiger partial charge in [0.1, 0.15) is 5.82 Å². The van der Waals surface area contributed by atoms with E-state index < -0.39 is 0 Å². The van der Waals surface area contributed by atoms with Crippen molar-refractivity contribution in [2.75, 3.05) is 7.11 Å². The first-order valence-electron chi connectivity index (χ1n) is 8.80. The summed E-state index contributed by atoms with van der Waals surface area (Å²) in [4.78, 5) is 8.60. The number of halogens is 1. The summed E-state index contributed by atoms with van der Waals surface area (Å²) in [7, 11) is 1.57. The van der Waals surface area contributed by atoms with Gasteiger partial charge in [-0.25, -0.2) is 9.37 Å². The Kier molecular flexibility index (Phi) is 3.71. The number of hydrogen-bond donors (Lipinski definition) is 1. The number of pyridine rings is 2. The molecule has 5 heteroatoms. The molecule has 3 saturated carbocycles. The molecule has 128 valence electrons. The zero-order valence-corrected chi connectivity index (χ0v) is 14.1. The van der Waals surface area contributed by atoms with E-state index in [1.54, 1.807) is 13.2 Å². The van der Waals surface area contributed by atoms with Gasteiger partial charge in [0.05, 0.1) is 24.3 Å². The molecule has 3 aliphatic carbocycles. The van der Waals surface area contributed by atoms with E-state index in [2.05, 4.69) is 9.97 Å². The molecule has 2 heterocycles. The highest BCUT2D eigenvalue weighted by molar-refractivity contribution is 5.78. The predicted octanol–water partition coefficient (Wildman–Crippen LogP) is 3.76. The van der Waals surface area contributed by atoms with Crippen LogP contribution in [0.5, 0.6) is 5.88 Å². The van der Waals surface area contributed by atoms with Gasteiger partial charge in [0.25, 0.3) is 0 Å². The first kappa shape index (κ1) is 15.8. The van der Waals surface area contributed by atoms with Crippen molar-refractivity contribution in [3.8, 4) is 5.88 Å². The third kappa shape index (κ3) is 2.65. The lowest BCUT2D eigenvalue weighted by Gasteiger charge is -2.52. The van der Waals surface area contributed by atoms with E-state index in [1.807, 2.05) is 6.07 Å². The van der Waals surface area contributed by atoms with Crippen molar-refractivity contribution in [1.29, 1.82) is 0 Å². The van der Waals surface area contributed by atoms with Gasteiger partial charge in [0.15, 0.2) is 0 Å². The second kappa shape index (κ2) is 5.66. The molecule has 0 atom stereocenters. The lowest BCUT2D eigenvalue weighted by Crippen LogP contribution is -2.51. The van der Waals surface area contributed by atoms with Crippen molar-refractivity contribution < 1.29 is 9.13 Å². The van der Waals surface area contributed by atoms with Crippen LogP contribution in [-0.4, -0.2) is 22.6 Å². The summed E-state index contributed by atoms with van der Waals surface area (Å²) >= 11 is 0. The van der Waals surface area contributed by atoms with Crippen LogP contribution in [0.2, 0.25) is 0 Å². The molecule has 2 aromatic rings. The molecule has 0 saturated heterocycles. The van der Waals surface area contributed by atoms with Crippen LogP contribution in [0, 0.1) is 11.2 Å². The number of nitrogens with zero attached hydrogens (tertiary/aromatic N) is 2. The molecule has 0 unspecified atom stereocenters. The Bertz CT molecular complexity index is 752. The maximum absolute atomic E-state index is 14.4. The van der Waals surface area contributed by atoms with Crippen molar-refractivity contribution in [1.82, 2.24) is 9.97 Å². The molecule has 3 aliphatic rings. The lowest BCUT2D eigenvalue weighted by atomic mass is 9.56. The molecule has 0 radical (unpaired) electrons. The minimum atomic E-state index is -0.264. The van der Waals surface area contributed by atoms with Crippen molar-refractivity contribution in [3.63, 3.8) is 0 Å². The Hall–Kier alpha value is -1.75. The van der Waals surface area contributed by atoms with Crippen molar-refractivity contribution in [3.05, 3.63) is 29.7 Å². The maximum atomic E-state index is 14.4. The van der Waals surface area contributed by atoms with Gasteiger partial charge in [0.2, 0.25) is 5.88 Å². The number of methoxy groups -OCH3 is 1. The fourth-order valence-electron chi connectivity index (χ4n) is 4.49. The van der Waals surface area contributed by atoms with E-state index in [1.165, 1.54) is 25.5 Å². The number of rotatable bonds is 4. The van der Waals surface area contributed by atoms with Gasteiger partial charge in [0, 0.05) is 17.2 Å². The number of hydrogen-bond acceptors (Lipinski definition) is 4. The molecular formula is C19H24FN3O. The molecule has 2 aromatic heterocycles. The maximum Gasteiger partial charge on any atom is 0.213 e. The molecule has 3 fully saturated rings. The van der Waals surface area contributed by atoms with Gasteiger partial charge in [-0.3, -0.25) is 4.98 Å². The summed E-state index contributed by atoms with van der Waals surface area (Å²) in [5.74, 6) is 0.233. The van der Waals surface area contributed by atoms with Crippen molar-refractivity contribution in [2.24, 2.45) is 11.1 Å². The van der Waals surface area contributed by atoms with Crippen LogP contribution in [-0.2, 0) is 6.42 Å². The van der Waals surface area contributed by atoms with E-state index in [0.717, 1.165) is 31.2 Å². The Morgan fingerprint density at radius 3 is 2.54 bits per heavy atom. The molecule has 24 heavy (non-hydrogen) atoms. The highest BCUT2D eigenvalue weighted by atomic mass is 19.1. The van der Waals surface area contributed by atoms with Crippen LogP contribution < -0.4 is 10.5 Å². The highest BCUT2D eigenvalue weighted by Gasteiger charge is 2.46. The molecule has 2 bridgehead atoms. The number of ether oxygens (including phenoxy) is 1. The zero-order chi connectivity index (χ0) is 16.8.